The number of thioether (sulfide) groups is 1. The number of piperidine rings is 1. The number of aryl methyl sites for hydroxylation is 1. The van der Waals surface area contributed by atoms with Crippen LogP contribution < -0.4 is 0 Å². The minimum absolute atomic E-state index is 0.107. The summed E-state index contributed by atoms with van der Waals surface area (Å²) in [5.41, 5.74) is 3.17. The van der Waals surface area contributed by atoms with Gasteiger partial charge in [0.2, 0.25) is 0 Å². The van der Waals surface area contributed by atoms with E-state index in [-0.39, 0.29) is 11.8 Å². The van der Waals surface area contributed by atoms with E-state index in [2.05, 4.69) is 32.7 Å². The van der Waals surface area contributed by atoms with Crippen LogP contribution in [0.1, 0.15) is 53.0 Å². The van der Waals surface area contributed by atoms with E-state index in [1.54, 1.807) is 18.0 Å². The monoisotopic (exact) mass is 421 g/mol. The fraction of sp³-hybridized carbons (Fsp3) is 0.391. The fourth-order valence-corrected chi connectivity index (χ4v) is 4.73. The summed E-state index contributed by atoms with van der Waals surface area (Å²) in [6.45, 7) is 3.61. The average molecular weight is 422 g/mol. The number of amides is 1. The molecule has 30 heavy (non-hydrogen) atoms. The first kappa shape index (κ1) is 20.6. The zero-order chi connectivity index (χ0) is 20.9. The summed E-state index contributed by atoms with van der Waals surface area (Å²) >= 11 is 1.66. The Bertz CT molecular complexity index is 987. The fourth-order valence-electron chi connectivity index (χ4n) is 3.88. The average Bonchev–Trinajstić information content (AvgIpc) is 3.18. The Labute approximate surface area is 181 Å². The number of carbonyl (C=O) groups excluding carboxylic acids is 1. The van der Waals surface area contributed by atoms with Crippen LogP contribution in [0.3, 0.4) is 0 Å². The van der Waals surface area contributed by atoms with Crippen LogP contribution in [0.2, 0.25) is 0 Å². The predicted octanol–water partition coefficient (Wildman–Crippen LogP) is 4.08. The lowest BCUT2D eigenvalue weighted by atomic mass is 9.96. The van der Waals surface area contributed by atoms with Crippen LogP contribution in [0.5, 0.6) is 0 Å². The summed E-state index contributed by atoms with van der Waals surface area (Å²) in [5, 5.41) is 9.78. The van der Waals surface area contributed by atoms with Crippen LogP contribution in [0, 0.1) is 0 Å². The summed E-state index contributed by atoms with van der Waals surface area (Å²) < 4.78 is 2.08. The SMILES string of the molecule is CCc1ccc(C(=O)N2CCC[C@H](c3nnc(SCc4cccnc4)n3C)C2)cc1. The maximum atomic E-state index is 13.0. The van der Waals surface area contributed by atoms with Crippen molar-refractivity contribution >= 4 is 17.7 Å². The Hall–Kier alpha value is -2.67. The lowest BCUT2D eigenvalue weighted by molar-refractivity contribution is 0.0703. The number of benzene rings is 1. The predicted molar refractivity (Wildman–Crippen MR) is 118 cm³/mol. The summed E-state index contributed by atoms with van der Waals surface area (Å²) in [5.74, 6) is 2.09. The van der Waals surface area contributed by atoms with Gasteiger partial charge < -0.3 is 9.47 Å². The Kier molecular flexibility index (Phi) is 6.47. The van der Waals surface area contributed by atoms with E-state index >= 15 is 0 Å². The van der Waals surface area contributed by atoms with Crippen LogP contribution in [-0.4, -0.2) is 43.6 Å². The summed E-state index contributed by atoms with van der Waals surface area (Å²) in [7, 11) is 2.02. The maximum absolute atomic E-state index is 13.0. The highest BCUT2D eigenvalue weighted by Gasteiger charge is 2.29. The van der Waals surface area contributed by atoms with E-state index in [0.717, 1.165) is 53.7 Å². The molecule has 0 aliphatic carbocycles. The molecule has 6 nitrogen and oxygen atoms in total. The highest BCUT2D eigenvalue weighted by Crippen LogP contribution is 2.29. The summed E-state index contributed by atoms with van der Waals surface area (Å²) in [6.07, 6.45) is 6.64. The van der Waals surface area contributed by atoms with Gasteiger partial charge in [0.25, 0.3) is 5.91 Å². The number of carbonyl (C=O) groups is 1. The molecule has 0 N–H and O–H groups in total. The summed E-state index contributed by atoms with van der Waals surface area (Å²) in [6, 6.07) is 12.0. The molecule has 0 unspecified atom stereocenters. The molecule has 1 aromatic carbocycles. The second-order valence-electron chi connectivity index (χ2n) is 7.69. The van der Waals surface area contributed by atoms with E-state index in [1.807, 2.05) is 48.5 Å². The molecule has 1 aliphatic heterocycles. The van der Waals surface area contributed by atoms with E-state index in [1.165, 1.54) is 5.56 Å². The molecule has 3 aromatic rings. The molecule has 3 heterocycles. The van der Waals surface area contributed by atoms with E-state index in [0.29, 0.717) is 6.54 Å². The van der Waals surface area contributed by atoms with Gasteiger partial charge in [0, 0.05) is 49.8 Å². The number of hydrogen-bond acceptors (Lipinski definition) is 5. The van der Waals surface area contributed by atoms with Crippen molar-refractivity contribution in [3.63, 3.8) is 0 Å². The third-order valence-electron chi connectivity index (χ3n) is 5.64. The largest absolute Gasteiger partial charge is 0.338 e. The first-order valence-electron chi connectivity index (χ1n) is 10.4. The van der Waals surface area contributed by atoms with Gasteiger partial charge in [-0.3, -0.25) is 9.78 Å². The maximum Gasteiger partial charge on any atom is 0.253 e. The minimum Gasteiger partial charge on any atom is -0.338 e. The van der Waals surface area contributed by atoms with E-state index in [9.17, 15) is 4.79 Å². The Balaban J connectivity index is 1.42. The molecule has 1 fully saturated rings. The molecule has 4 rings (SSSR count). The molecular formula is C23H27N5OS. The summed E-state index contributed by atoms with van der Waals surface area (Å²) in [4.78, 5) is 19.1. The molecule has 0 spiro atoms. The van der Waals surface area contributed by atoms with Gasteiger partial charge in [0.05, 0.1) is 0 Å². The molecule has 1 saturated heterocycles. The van der Waals surface area contributed by atoms with Crippen molar-refractivity contribution in [3.05, 3.63) is 71.3 Å². The van der Waals surface area contributed by atoms with Crippen molar-refractivity contribution in [2.75, 3.05) is 13.1 Å². The first-order chi connectivity index (χ1) is 14.7. The Morgan fingerprint density at radius 3 is 2.73 bits per heavy atom. The van der Waals surface area contributed by atoms with E-state index < -0.39 is 0 Å². The van der Waals surface area contributed by atoms with Crippen molar-refractivity contribution in [1.82, 2.24) is 24.6 Å². The van der Waals surface area contributed by atoms with Crippen LogP contribution in [0.4, 0.5) is 0 Å². The second-order valence-corrected chi connectivity index (χ2v) is 8.63. The zero-order valence-electron chi connectivity index (χ0n) is 17.5. The van der Waals surface area contributed by atoms with Crippen LogP contribution >= 0.6 is 11.8 Å². The number of aromatic nitrogens is 4. The third-order valence-corrected chi connectivity index (χ3v) is 6.73. The molecule has 0 saturated carbocycles. The molecule has 7 heteroatoms. The molecule has 1 aliphatic rings. The molecule has 1 amide bonds. The van der Waals surface area contributed by atoms with E-state index in [4.69, 9.17) is 0 Å². The van der Waals surface area contributed by atoms with Crippen LogP contribution in [0.25, 0.3) is 0 Å². The number of nitrogens with zero attached hydrogens (tertiary/aromatic N) is 5. The quantitative estimate of drug-likeness (QED) is 0.561. The van der Waals surface area contributed by atoms with Gasteiger partial charge in [-0.05, 0) is 48.6 Å². The van der Waals surface area contributed by atoms with Gasteiger partial charge in [-0.15, -0.1) is 10.2 Å². The standard InChI is InChI=1S/C23H27N5OS/c1-3-17-8-10-19(11-9-17)22(29)28-13-5-7-20(15-28)21-25-26-23(27(21)2)30-16-18-6-4-12-24-14-18/h4,6,8-12,14,20H,3,5,7,13,15-16H2,1-2H3/t20-/m0/s1. The highest BCUT2D eigenvalue weighted by atomic mass is 32.2. The number of rotatable bonds is 6. The number of hydrogen-bond donors (Lipinski definition) is 0. The van der Waals surface area contributed by atoms with Gasteiger partial charge in [0.15, 0.2) is 5.16 Å². The normalized spacial score (nSPS) is 16.6. The smallest absolute Gasteiger partial charge is 0.253 e. The van der Waals surface area contributed by atoms with Crippen molar-refractivity contribution in [1.29, 1.82) is 0 Å². The molecular weight excluding hydrogens is 394 g/mol. The molecule has 0 bridgehead atoms. The van der Waals surface area contributed by atoms with Gasteiger partial charge in [-0.25, -0.2) is 0 Å². The van der Waals surface area contributed by atoms with Crippen molar-refractivity contribution in [2.45, 2.75) is 43.0 Å². The van der Waals surface area contributed by atoms with Crippen molar-refractivity contribution in [3.8, 4) is 0 Å². The number of likely N-dealkylation sites (tertiary alicyclic amines) is 1. The van der Waals surface area contributed by atoms with Crippen molar-refractivity contribution in [2.24, 2.45) is 7.05 Å². The second kappa shape index (κ2) is 9.43. The highest BCUT2D eigenvalue weighted by molar-refractivity contribution is 7.98. The van der Waals surface area contributed by atoms with Crippen LogP contribution in [-0.2, 0) is 19.2 Å². The number of pyridine rings is 1. The molecule has 0 radical (unpaired) electrons. The third kappa shape index (κ3) is 4.56. The van der Waals surface area contributed by atoms with Gasteiger partial charge in [0.1, 0.15) is 5.82 Å². The molecule has 156 valence electrons. The van der Waals surface area contributed by atoms with Gasteiger partial charge >= 0.3 is 0 Å². The molecule has 1 atom stereocenters. The topological polar surface area (TPSA) is 63.9 Å². The van der Waals surface area contributed by atoms with Gasteiger partial charge in [-0.2, -0.15) is 0 Å². The lowest BCUT2D eigenvalue weighted by Gasteiger charge is -2.32. The van der Waals surface area contributed by atoms with Crippen LogP contribution in [0.15, 0.2) is 53.9 Å². The minimum atomic E-state index is 0.107. The Morgan fingerprint density at radius 2 is 2.00 bits per heavy atom. The zero-order valence-corrected chi connectivity index (χ0v) is 18.3. The first-order valence-corrected chi connectivity index (χ1v) is 11.4. The lowest BCUT2D eigenvalue weighted by Crippen LogP contribution is -2.39. The van der Waals surface area contributed by atoms with Crippen molar-refractivity contribution < 1.29 is 4.79 Å². The van der Waals surface area contributed by atoms with Gasteiger partial charge in [-0.1, -0.05) is 36.9 Å². The Morgan fingerprint density at radius 1 is 1.17 bits per heavy atom. The molecule has 2 aromatic heterocycles.